The number of methoxy groups -OCH3 is 1. The summed E-state index contributed by atoms with van der Waals surface area (Å²) in [7, 11) is 1.65. The Morgan fingerprint density at radius 2 is 1.66 bits per heavy atom. The maximum atomic E-state index is 13.5. The molecule has 2 heterocycles. The summed E-state index contributed by atoms with van der Waals surface area (Å²) in [5, 5.41) is 4.48. The topological polar surface area (TPSA) is 60.2 Å². The number of anilines is 1. The lowest BCUT2D eigenvalue weighted by Crippen LogP contribution is -2.47. The molecule has 0 aliphatic carbocycles. The largest absolute Gasteiger partial charge is 0.497 e. The molecule has 1 aromatic heterocycles. The molecule has 0 spiro atoms. The van der Waals surface area contributed by atoms with Gasteiger partial charge < -0.3 is 4.74 Å². The fourth-order valence-electron chi connectivity index (χ4n) is 3.85. The molecule has 6 nitrogen and oxygen atoms in total. The third kappa shape index (κ3) is 3.50. The van der Waals surface area contributed by atoms with Gasteiger partial charge in [-0.25, -0.2) is 4.68 Å². The molecule has 0 saturated carbocycles. The molecule has 1 amide bonds. The molecule has 2 aromatic carbocycles. The van der Waals surface area contributed by atoms with Crippen LogP contribution >= 0.6 is 0 Å². The van der Waals surface area contributed by atoms with E-state index in [0.29, 0.717) is 12.4 Å². The van der Waals surface area contributed by atoms with Crippen LogP contribution in [0.15, 0.2) is 60.9 Å². The van der Waals surface area contributed by atoms with Crippen LogP contribution in [0.3, 0.4) is 0 Å². The van der Waals surface area contributed by atoms with Crippen molar-refractivity contribution in [3.63, 3.8) is 0 Å². The Hall–Kier alpha value is -3.15. The van der Waals surface area contributed by atoms with E-state index in [1.54, 1.807) is 7.11 Å². The van der Waals surface area contributed by atoms with Gasteiger partial charge in [-0.1, -0.05) is 63.2 Å². The number of hydrogen-bond acceptors (Lipinski definition) is 4. The summed E-state index contributed by atoms with van der Waals surface area (Å²) in [6.07, 6.45) is 2.25. The molecule has 1 aliphatic rings. The Morgan fingerprint density at radius 3 is 2.28 bits per heavy atom. The maximum absolute atomic E-state index is 13.5. The van der Waals surface area contributed by atoms with Crippen molar-refractivity contribution >= 4 is 11.9 Å². The maximum Gasteiger partial charge on any atom is 0.235 e. The lowest BCUT2D eigenvalue weighted by Gasteiger charge is -2.41. The van der Waals surface area contributed by atoms with Gasteiger partial charge in [0.25, 0.3) is 0 Å². The molecule has 2 atom stereocenters. The molecule has 0 saturated heterocycles. The van der Waals surface area contributed by atoms with E-state index in [-0.39, 0.29) is 18.0 Å². The fourth-order valence-corrected chi connectivity index (χ4v) is 3.85. The Bertz CT molecular complexity index is 990. The van der Waals surface area contributed by atoms with Crippen LogP contribution in [-0.2, 0) is 4.79 Å². The lowest BCUT2D eigenvalue weighted by molar-refractivity contribution is -0.126. The number of hydrogen-bond donors (Lipinski definition) is 0. The number of amides is 1. The van der Waals surface area contributed by atoms with Crippen molar-refractivity contribution < 1.29 is 9.53 Å². The molecule has 150 valence electrons. The Labute approximate surface area is 171 Å². The number of rotatable bonds is 3. The van der Waals surface area contributed by atoms with Crippen LogP contribution in [0.4, 0.5) is 5.95 Å². The fraction of sp³-hybridized carbons (Fsp3) is 0.348. The highest BCUT2D eigenvalue weighted by Crippen LogP contribution is 2.43. The summed E-state index contributed by atoms with van der Waals surface area (Å²) in [5.74, 6) is 1.41. The monoisotopic (exact) mass is 390 g/mol. The Balaban J connectivity index is 1.84. The van der Waals surface area contributed by atoms with Gasteiger partial charge in [0.05, 0.1) is 19.2 Å². The number of carbonyl (C=O) groups excluding carboxylic acids is 1. The van der Waals surface area contributed by atoms with Gasteiger partial charge in [-0.2, -0.15) is 10.1 Å². The van der Waals surface area contributed by atoms with Gasteiger partial charge in [-0.3, -0.25) is 9.69 Å². The van der Waals surface area contributed by atoms with Gasteiger partial charge in [-0.05, 0) is 29.7 Å². The highest BCUT2D eigenvalue weighted by Gasteiger charge is 2.42. The average molecular weight is 390 g/mol. The van der Waals surface area contributed by atoms with Gasteiger partial charge in [0.1, 0.15) is 12.1 Å². The molecular weight excluding hydrogens is 364 g/mol. The lowest BCUT2D eigenvalue weighted by atomic mass is 9.88. The predicted octanol–water partition coefficient (Wildman–Crippen LogP) is 4.40. The number of benzene rings is 2. The predicted molar refractivity (Wildman–Crippen MR) is 112 cm³/mol. The van der Waals surface area contributed by atoms with Crippen LogP contribution in [0, 0.1) is 5.41 Å². The van der Waals surface area contributed by atoms with E-state index in [1.165, 1.54) is 6.33 Å². The van der Waals surface area contributed by atoms with Gasteiger partial charge in [-0.15, -0.1) is 0 Å². The number of fused-ring (bicyclic) bond motifs is 1. The van der Waals surface area contributed by atoms with E-state index < -0.39 is 5.41 Å². The molecular formula is C23H26N4O2. The van der Waals surface area contributed by atoms with Gasteiger partial charge in [0.15, 0.2) is 0 Å². The van der Waals surface area contributed by atoms with E-state index in [2.05, 4.69) is 22.2 Å². The molecule has 0 radical (unpaired) electrons. The highest BCUT2D eigenvalue weighted by atomic mass is 16.5. The number of aromatic nitrogens is 3. The Morgan fingerprint density at radius 1 is 1.00 bits per heavy atom. The third-order valence-electron chi connectivity index (χ3n) is 5.37. The summed E-state index contributed by atoms with van der Waals surface area (Å²) in [6.45, 7) is 5.80. The van der Waals surface area contributed by atoms with Crippen molar-refractivity contribution in [1.29, 1.82) is 0 Å². The van der Waals surface area contributed by atoms with Crippen molar-refractivity contribution in [2.24, 2.45) is 5.41 Å². The SMILES string of the molecule is COc1ccc(C2CC(c3ccccc3)n3ncnc3N2C(=O)C(C)(C)C)cc1. The Kier molecular flexibility index (Phi) is 4.86. The normalized spacial score (nSPS) is 19.0. The summed E-state index contributed by atoms with van der Waals surface area (Å²) in [4.78, 5) is 19.8. The van der Waals surface area contributed by atoms with Gasteiger partial charge >= 0.3 is 0 Å². The molecule has 6 heteroatoms. The van der Waals surface area contributed by atoms with Crippen LogP contribution in [0.5, 0.6) is 5.75 Å². The van der Waals surface area contributed by atoms with Gasteiger partial charge in [0, 0.05) is 5.41 Å². The minimum atomic E-state index is -0.541. The summed E-state index contributed by atoms with van der Waals surface area (Å²) >= 11 is 0. The van der Waals surface area contributed by atoms with Crippen LogP contribution in [0.2, 0.25) is 0 Å². The quantitative estimate of drug-likeness (QED) is 0.665. The second-order valence-corrected chi connectivity index (χ2v) is 8.38. The van der Waals surface area contributed by atoms with Crippen LogP contribution in [0.1, 0.15) is 50.4 Å². The molecule has 4 rings (SSSR count). The molecule has 3 aromatic rings. The molecule has 0 N–H and O–H groups in total. The average Bonchev–Trinajstić information content (AvgIpc) is 3.22. The first kappa shape index (κ1) is 19.2. The van der Waals surface area contributed by atoms with Crippen LogP contribution in [-0.4, -0.2) is 27.8 Å². The minimum absolute atomic E-state index is 0.00446. The second-order valence-electron chi connectivity index (χ2n) is 8.38. The first-order chi connectivity index (χ1) is 13.9. The number of ether oxygens (including phenoxy) is 1. The first-order valence-electron chi connectivity index (χ1n) is 9.82. The third-order valence-corrected chi connectivity index (χ3v) is 5.37. The summed E-state index contributed by atoms with van der Waals surface area (Å²) in [5.41, 5.74) is 1.67. The van der Waals surface area contributed by atoms with Crippen molar-refractivity contribution in [3.05, 3.63) is 72.1 Å². The van der Waals surface area contributed by atoms with Crippen LogP contribution in [0.25, 0.3) is 0 Å². The summed E-state index contributed by atoms with van der Waals surface area (Å²) in [6, 6.07) is 18.1. The zero-order chi connectivity index (χ0) is 20.6. The molecule has 0 fully saturated rings. The van der Waals surface area contributed by atoms with Crippen molar-refractivity contribution in [2.45, 2.75) is 39.3 Å². The number of carbonyl (C=O) groups is 1. The van der Waals surface area contributed by atoms with E-state index in [4.69, 9.17) is 4.74 Å². The zero-order valence-corrected chi connectivity index (χ0v) is 17.2. The zero-order valence-electron chi connectivity index (χ0n) is 17.2. The first-order valence-corrected chi connectivity index (χ1v) is 9.82. The molecule has 1 aliphatic heterocycles. The smallest absolute Gasteiger partial charge is 0.235 e. The minimum Gasteiger partial charge on any atom is -0.497 e. The standard InChI is InChI=1S/C23H26N4O2/c1-23(2,3)21(28)26-19(17-10-12-18(29-4)13-11-17)14-20(16-8-6-5-7-9-16)27-22(26)24-15-25-27/h5-13,15,19-20H,14H2,1-4H3. The van der Waals surface area contributed by atoms with E-state index >= 15 is 0 Å². The second kappa shape index (κ2) is 7.35. The van der Waals surface area contributed by atoms with Crippen molar-refractivity contribution in [3.8, 4) is 5.75 Å². The van der Waals surface area contributed by atoms with E-state index in [1.807, 2.05) is 72.8 Å². The number of nitrogens with zero attached hydrogens (tertiary/aromatic N) is 4. The van der Waals surface area contributed by atoms with E-state index in [0.717, 1.165) is 16.9 Å². The molecule has 29 heavy (non-hydrogen) atoms. The summed E-state index contributed by atoms with van der Waals surface area (Å²) < 4.78 is 7.19. The highest BCUT2D eigenvalue weighted by molar-refractivity contribution is 5.96. The van der Waals surface area contributed by atoms with Crippen molar-refractivity contribution in [1.82, 2.24) is 14.8 Å². The van der Waals surface area contributed by atoms with E-state index in [9.17, 15) is 4.79 Å². The molecule has 0 bridgehead atoms. The van der Waals surface area contributed by atoms with Gasteiger partial charge in [0.2, 0.25) is 11.9 Å². The van der Waals surface area contributed by atoms with Crippen molar-refractivity contribution in [2.75, 3.05) is 12.0 Å². The molecule has 2 unspecified atom stereocenters. The van der Waals surface area contributed by atoms with Crippen LogP contribution < -0.4 is 9.64 Å².